The van der Waals surface area contributed by atoms with Crippen molar-refractivity contribution in [2.75, 3.05) is 0 Å². The van der Waals surface area contributed by atoms with Gasteiger partial charge in [0.25, 0.3) is 0 Å². The van der Waals surface area contributed by atoms with Crippen molar-refractivity contribution >= 4 is 11.0 Å². The first-order valence-electron chi connectivity index (χ1n) is 3.96. The number of nitrogens with zero attached hydrogens (tertiary/aromatic N) is 2. The quantitative estimate of drug-likeness (QED) is 0.587. The summed E-state index contributed by atoms with van der Waals surface area (Å²) in [5.74, 6) is 0. The monoisotopic (exact) mass is 158 g/mol. The Balaban J connectivity index is 2.86. The summed E-state index contributed by atoms with van der Waals surface area (Å²) >= 11 is 0. The minimum Gasteiger partial charge on any atom is -0.252 e. The van der Waals surface area contributed by atoms with Crippen LogP contribution in [0.15, 0.2) is 24.4 Å². The van der Waals surface area contributed by atoms with E-state index in [-0.39, 0.29) is 0 Å². The lowest BCUT2D eigenvalue weighted by molar-refractivity contribution is 1.18. The fourth-order valence-corrected chi connectivity index (χ4v) is 1.28. The van der Waals surface area contributed by atoms with Crippen LogP contribution in [-0.4, -0.2) is 9.97 Å². The summed E-state index contributed by atoms with van der Waals surface area (Å²) in [6, 6.07) is 6.04. The van der Waals surface area contributed by atoms with Crippen LogP contribution in [0.4, 0.5) is 0 Å². The van der Waals surface area contributed by atoms with Crippen LogP contribution in [0.3, 0.4) is 0 Å². The van der Waals surface area contributed by atoms with E-state index in [0.717, 1.165) is 16.7 Å². The molecule has 1 heterocycles. The van der Waals surface area contributed by atoms with E-state index in [1.54, 1.807) is 6.20 Å². The van der Waals surface area contributed by atoms with Gasteiger partial charge in [-0.05, 0) is 25.5 Å². The van der Waals surface area contributed by atoms with E-state index >= 15 is 0 Å². The summed E-state index contributed by atoms with van der Waals surface area (Å²) < 4.78 is 0. The third kappa shape index (κ3) is 1.05. The highest BCUT2D eigenvalue weighted by atomic mass is 14.8. The number of benzene rings is 1. The zero-order valence-electron chi connectivity index (χ0n) is 7.20. The molecule has 1 aromatic carbocycles. The Labute approximate surface area is 71.3 Å². The molecule has 60 valence electrons. The van der Waals surface area contributed by atoms with Crippen molar-refractivity contribution in [1.29, 1.82) is 0 Å². The molecule has 0 aliphatic carbocycles. The number of hydrogen-bond donors (Lipinski definition) is 0. The normalized spacial score (nSPS) is 10.5. The van der Waals surface area contributed by atoms with E-state index in [1.807, 2.05) is 32.0 Å². The third-order valence-electron chi connectivity index (χ3n) is 1.89. The van der Waals surface area contributed by atoms with E-state index in [4.69, 9.17) is 0 Å². The van der Waals surface area contributed by atoms with Crippen LogP contribution < -0.4 is 0 Å². The lowest BCUT2D eigenvalue weighted by Crippen LogP contribution is -1.88. The van der Waals surface area contributed by atoms with Gasteiger partial charge in [0.15, 0.2) is 0 Å². The summed E-state index contributed by atoms with van der Waals surface area (Å²) in [5, 5.41) is 0. The zero-order chi connectivity index (χ0) is 8.55. The van der Waals surface area contributed by atoms with Crippen LogP contribution in [0.25, 0.3) is 11.0 Å². The average molecular weight is 158 g/mol. The molecule has 0 saturated heterocycles. The standard InChI is InChI=1S/C10H10N2/c1-7-4-3-5-9-10(7)11-6-8(2)12-9/h3-6H,1-2H3. The highest BCUT2D eigenvalue weighted by Crippen LogP contribution is 2.12. The lowest BCUT2D eigenvalue weighted by atomic mass is 10.2. The van der Waals surface area contributed by atoms with Crippen molar-refractivity contribution in [1.82, 2.24) is 9.97 Å². The second-order valence-corrected chi connectivity index (χ2v) is 2.95. The topological polar surface area (TPSA) is 25.8 Å². The lowest BCUT2D eigenvalue weighted by Gasteiger charge is -1.99. The molecular weight excluding hydrogens is 148 g/mol. The molecule has 2 heteroatoms. The maximum absolute atomic E-state index is 4.37. The third-order valence-corrected chi connectivity index (χ3v) is 1.89. The molecule has 0 N–H and O–H groups in total. The SMILES string of the molecule is Cc1cnc2c(C)cccc2n1. The number of aryl methyl sites for hydroxylation is 2. The van der Waals surface area contributed by atoms with Crippen molar-refractivity contribution in [3.8, 4) is 0 Å². The van der Waals surface area contributed by atoms with Crippen LogP contribution >= 0.6 is 0 Å². The van der Waals surface area contributed by atoms with Gasteiger partial charge in [-0.1, -0.05) is 12.1 Å². The molecule has 1 aromatic heterocycles. The minimum atomic E-state index is 0.966. The molecule has 0 amide bonds. The molecule has 0 aliphatic heterocycles. The summed E-state index contributed by atoms with van der Waals surface area (Å²) in [5.41, 5.74) is 4.13. The first-order chi connectivity index (χ1) is 5.77. The molecule has 2 nitrogen and oxygen atoms in total. The van der Waals surface area contributed by atoms with E-state index in [0.29, 0.717) is 0 Å². The van der Waals surface area contributed by atoms with E-state index in [9.17, 15) is 0 Å². The first kappa shape index (κ1) is 7.22. The van der Waals surface area contributed by atoms with Gasteiger partial charge in [0.2, 0.25) is 0 Å². The second-order valence-electron chi connectivity index (χ2n) is 2.95. The highest BCUT2D eigenvalue weighted by Gasteiger charge is 1.97. The molecule has 2 aromatic rings. The van der Waals surface area contributed by atoms with Crippen molar-refractivity contribution in [2.24, 2.45) is 0 Å². The van der Waals surface area contributed by atoms with Crippen LogP contribution in [0.2, 0.25) is 0 Å². The Morgan fingerprint density at radius 1 is 1.17 bits per heavy atom. The molecule has 0 saturated carbocycles. The van der Waals surface area contributed by atoms with Crippen LogP contribution in [0.5, 0.6) is 0 Å². The van der Waals surface area contributed by atoms with Gasteiger partial charge < -0.3 is 0 Å². The van der Waals surface area contributed by atoms with Gasteiger partial charge in [0.05, 0.1) is 16.7 Å². The smallest absolute Gasteiger partial charge is 0.0916 e. The largest absolute Gasteiger partial charge is 0.252 e. The van der Waals surface area contributed by atoms with Gasteiger partial charge in [0, 0.05) is 6.20 Å². The number of aromatic nitrogens is 2. The van der Waals surface area contributed by atoms with E-state index in [2.05, 4.69) is 9.97 Å². The molecule has 12 heavy (non-hydrogen) atoms. The average Bonchev–Trinajstić information content (AvgIpc) is 2.04. The Hall–Kier alpha value is -1.44. The molecular formula is C10H10N2. The summed E-state index contributed by atoms with van der Waals surface area (Å²) in [7, 11) is 0. The number of fused-ring (bicyclic) bond motifs is 1. The summed E-state index contributed by atoms with van der Waals surface area (Å²) in [6.07, 6.45) is 1.80. The first-order valence-corrected chi connectivity index (χ1v) is 3.96. The minimum absolute atomic E-state index is 0.966. The van der Waals surface area contributed by atoms with Gasteiger partial charge in [-0.3, -0.25) is 4.98 Å². The van der Waals surface area contributed by atoms with Crippen LogP contribution in [0, 0.1) is 13.8 Å². The number of rotatable bonds is 0. The van der Waals surface area contributed by atoms with Crippen molar-refractivity contribution in [2.45, 2.75) is 13.8 Å². The number of para-hydroxylation sites is 1. The predicted octanol–water partition coefficient (Wildman–Crippen LogP) is 2.25. The Bertz CT molecular complexity index is 421. The molecule has 0 spiro atoms. The molecule has 0 aliphatic rings. The molecule has 0 atom stereocenters. The summed E-state index contributed by atoms with van der Waals surface area (Å²) in [6.45, 7) is 4.00. The molecule has 0 unspecified atom stereocenters. The Kier molecular flexibility index (Phi) is 1.54. The van der Waals surface area contributed by atoms with Gasteiger partial charge in [-0.2, -0.15) is 0 Å². The maximum Gasteiger partial charge on any atom is 0.0916 e. The molecule has 2 rings (SSSR count). The second kappa shape index (κ2) is 2.55. The van der Waals surface area contributed by atoms with Crippen molar-refractivity contribution < 1.29 is 0 Å². The van der Waals surface area contributed by atoms with Gasteiger partial charge in [-0.25, -0.2) is 4.98 Å². The zero-order valence-corrected chi connectivity index (χ0v) is 7.20. The van der Waals surface area contributed by atoms with Crippen LogP contribution in [0.1, 0.15) is 11.3 Å². The van der Waals surface area contributed by atoms with Gasteiger partial charge >= 0.3 is 0 Å². The summed E-state index contributed by atoms with van der Waals surface area (Å²) in [4.78, 5) is 8.69. The fraction of sp³-hybridized carbons (Fsp3) is 0.200. The molecule has 0 fully saturated rings. The van der Waals surface area contributed by atoms with Crippen molar-refractivity contribution in [3.05, 3.63) is 35.7 Å². The maximum atomic E-state index is 4.37. The highest BCUT2D eigenvalue weighted by molar-refractivity contribution is 5.77. The molecule has 0 bridgehead atoms. The van der Waals surface area contributed by atoms with E-state index in [1.165, 1.54) is 5.56 Å². The van der Waals surface area contributed by atoms with E-state index < -0.39 is 0 Å². The van der Waals surface area contributed by atoms with Gasteiger partial charge in [-0.15, -0.1) is 0 Å². The van der Waals surface area contributed by atoms with Crippen LogP contribution in [-0.2, 0) is 0 Å². The van der Waals surface area contributed by atoms with Gasteiger partial charge in [0.1, 0.15) is 0 Å². The predicted molar refractivity (Wildman–Crippen MR) is 49.0 cm³/mol. The Morgan fingerprint density at radius 2 is 2.00 bits per heavy atom. The fourth-order valence-electron chi connectivity index (χ4n) is 1.28. The molecule has 0 radical (unpaired) electrons. The van der Waals surface area contributed by atoms with Crippen molar-refractivity contribution in [3.63, 3.8) is 0 Å². The number of hydrogen-bond acceptors (Lipinski definition) is 2. The Morgan fingerprint density at radius 3 is 2.83 bits per heavy atom.